The molecule has 228 valence electrons. The highest BCUT2D eigenvalue weighted by molar-refractivity contribution is 5.91. The van der Waals surface area contributed by atoms with E-state index < -0.39 is 23.3 Å². The number of alkyl halides is 3. The van der Waals surface area contributed by atoms with Crippen LogP contribution < -0.4 is 16.0 Å². The molecule has 3 heterocycles. The van der Waals surface area contributed by atoms with Gasteiger partial charge in [-0.3, -0.25) is 9.69 Å². The Morgan fingerprint density at radius 2 is 1.84 bits per heavy atom. The Morgan fingerprint density at radius 3 is 2.49 bits per heavy atom. The molecule has 5 rings (SSSR count). The van der Waals surface area contributed by atoms with Gasteiger partial charge in [-0.1, -0.05) is 17.3 Å². The molecule has 3 aromatic rings. The average molecular weight is 603 g/mol. The maximum Gasteiger partial charge on any atom is 0.401 e. The second-order valence-electron chi connectivity index (χ2n) is 10.3. The monoisotopic (exact) mass is 602 g/mol. The number of ether oxygens (including phenoxy) is 1. The first-order valence-electron chi connectivity index (χ1n) is 13.6. The molecular weight excluding hydrogens is 572 g/mol. The van der Waals surface area contributed by atoms with Crippen LogP contribution in [0.15, 0.2) is 53.1 Å². The lowest BCUT2D eigenvalue weighted by Gasteiger charge is -2.26. The summed E-state index contributed by atoms with van der Waals surface area (Å²) in [4.78, 5) is 23.2. The lowest BCUT2D eigenvalue weighted by molar-refractivity contribution is -0.165. The van der Waals surface area contributed by atoms with Crippen LogP contribution in [0.3, 0.4) is 0 Å². The fourth-order valence-corrected chi connectivity index (χ4v) is 4.60. The van der Waals surface area contributed by atoms with Gasteiger partial charge in [-0.2, -0.15) is 13.2 Å². The van der Waals surface area contributed by atoms with Crippen LogP contribution in [0.2, 0.25) is 0 Å². The summed E-state index contributed by atoms with van der Waals surface area (Å²) in [6, 6.07) is 5.34. The molecule has 1 saturated carbocycles. The van der Waals surface area contributed by atoms with Crippen LogP contribution in [-0.2, 0) is 21.4 Å². The Hall–Kier alpha value is -4.37. The molecule has 1 aromatic carbocycles. The van der Waals surface area contributed by atoms with Crippen LogP contribution in [0, 0.1) is 11.2 Å². The summed E-state index contributed by atoms with van der Waals surface area (Å²) in [7, 11) is 0. The van der Waals surface area contributed by atoms with E-state index in [1.54, 1.807) is 12.3 Å². The number of nitrogens with one attached hydrogen (secondary N) is 4. The van der Waals surface area contributed by atoms with Crippen molar-refractivity contribution in [3.63, 3.8) is 0 Å². The number of carbonyl (C=O) groups excluding carboxylic acids is 1. The molecule has 0 radical (unpaired) electrons. The molecule has 2 aromatic heterocycles. The van der Waals surface area contributed by atoms with Gasteiger partial charge in [0.15, 0.2) is 11.6 Å². The van der Waals surface area contributed by atoms with Crippen molar-refractivity contribution in [3.05, 3.63) is 65.7 Å². The molecule has 0 atom stereocenters. The second-order valence-corrected chi connectivity index (χ2v) is 10.3. The second kappa shape index (κ2) is 12.9. The lowest BCUT2D eigenvalue weighted by atomic mass is 10.0. The molecule has 1 aliphatic heterocycles. The predicted molar refractivity (Wildman–Crippen MR) is 149 cm³/mol. The van der Waals surface area contributed by atoms with Gasteiger partial charge < -0.3 is 30.6 Å². The molecule has 0 unspecified atom stereocenters. The largest absolute Gasteiger partial charge is 0.401 e. The number of anilines is 2. The van der Waals surface area contributed by atoms with Gasteiger partial charge in [0.1, 0.15) is 11.2 Å². The summed E-state index contributed by atoms with van der Waals surface area (Å²) < 4.78 is 64.9. The summed E-state index contributed by atoms with van der Waals surface area (Å²) >= 11 is 0. The number of halogens is 4. The average Bonchev–Trinajstić information content (AvgIpc) is 3.70. The maximum absolute atomic E-state index is 14.9. The van der Waals surface area contributed by atoms with Crippen LogP contribution in [0.5, 0.6) is 0 Å². The number of nitrogens with zero attached hydrogens (tertiary/aromatic N) is 4. The van der Waals surface area contributed by atoms with Crippen LogP contribution in [-0.4, -0.2) is 77.7 Å². The van der Waals surface area contributed by atoms with Crippen molar-refractivity contribution in [1.82, 2.24) is 25.3 Å². The number of morpholine rings is 1. The summed E-state index contributed by atoms with van der Waals surface area (Å²) in [5.74, 6) is -1.57. The van der Waals surface area contributed by atoms with E-state index in [1.165, 1.54) is 24.5 Å². The van der Waals surface area contributed by atoms with Crippen molar-refractivity contribution in [3.8, 4) is 11.1 Å². The molecule has 15 heteroatoms. The van der Waals surface area contributed by atoms with Gasteiger partial charge in [-0.15, -0.1) is 0 Å². The van der Waals surface area contributed by atoms with Gasteiger partial charge in [0, 0.05) is 62.6 Å². The quantitative estimate of drug-likeness (QED) is 0.138. The molecule has 1 aliphatic carbocycles. The standard InChI is InChI=1S/C28H30F4N8O3/c29-22-11-18(1-2-19(22)12-25(41)38-24-13-23(43-39-24)27(3-4-27)28(30,31)32)20-15-35-26(36-16-20)37-21(14-33)17-34-5-6-40-7-9-42-10-8-40/h1-2,11,13-17,33-34H,3-10,12H2,(H,35,36,37)(H,38,39,41)/b21-17+,33-14?. The van der Waals surface area contributed by atoms with Gasteiger partial charge in [0.05, 0.1) is 25.3 Å². The fraction of sp³-hybridized carbons (Fsp3) is 0.393. The van der Waals surface area contributed by atoms with E-state index in [0.29, 0.717) is 23.4 Å². The maximum atomic E-state index is 14.9. The molecule has 11 nitrogen and oxygen atoms in total. The van der Waals surface area contributed by atoms with E-state index in [4.69, 9.17) is 14.7 Å². The molecule has 4 N–H and O–H groups in total. The van der Waals surface area contributed by atoms with E-state index in [0.717, 1.165) is 45.1 Å². The first kappa shape index (κ1) is 30.1. The van der Waals surface area contributed by atoms with Crippen LogP contribution >= 0.6 is 0 Å². The highest BCUT2D eigenvalue weighted by atomic mass is 19.4. The zero-order chi connectivity index (χ0) is 30.5. The van der Waals surface area contributed by atoms with E-state index in [-0.39, 0.29) is 42.4 Å². The van der Waals surface area contributed by atoms with Crippen molar-refractivity contribution in [2.75, 3.05) is 50.0 Å². The molecule has 43 heavy (non-hydrogen) atoms. The smallest absolute Gasteiger partial charge is 0.388 e. The van der Waals surface area contributed by atoms with Crippen molar-refractivity contribution in [2.24, 2.45) is 0 Å². The minimum atomic E-state index is -4.47. The topological polar surface area (TPSA) is 141 Å². The minimum absolute atomic E-state index is 0.0833. The highest BCUT2D eigenvalue weighted by Gasteiger charge is 2.66. The number of carbonyl (C=O) groups is 1. The normalized spacial score (nSPS) is 16.9. The molecule has 1 saturated heterocycles. The number of hydrogen-bond acceptors (Lipinski definition) is 10. The van der Waals surface area contributed by atoms with Crippen molar-refractivity contribution >= 4 is 23.9 Å². The van der Waals surface area contributed by atoms with Gasteiger partial charge >= 0.3 is 6.18 Å². The Kier molecular flexibility index (Phi) is 9.01. The Labute approximate surface area is 244 Å². The summed E-state index contributed by atoms with van der Waals surface area (Å²) in [5.41, 5.74) is -0.512. The minimum Gasteiger partial charge on any atom is -0.388 e. The number of hydrogen-bond donors (Lipinski definition) is 4. The van der Waals surface area contributed by atoms with Gasteiger partial charge in [0.25, 0.3) is 0 Å². The van der Waals surface area contributed by atoms with Crippen molar-refractivity contribution < 1.29 is 31.6 Å². The number of aromatic nitrogens is 3. The third-order valence-corrected chi connectivity index (χ3v) is 7.28. The molecule has 0 spiro atoms. The summed E-state index contributed by atoms with van der Waals surface area (Å²) in [6.45, 7) is 4.80. The summed E-state index contributed by atoms with van der Waals surface area (Å²) in [6.07, 6.45) is 0.768. The van der Waals surface area contributed by atoms with E-state index in [2.05, 4.69) is 36.0 Å². The van der Waals surface area contributed by atoms with Gasteiger partial charge in [-0.05, 0) is 30.0 Å². The Bertz CT molecular complexity index is 1470. The number of rotatable bonds is 12. The van der Waals surface area contributed by atoms with Crippen LogP contribution in [0.4, 0.5) is 29.3 Å². The Balaban J connectivity index is 1.13. The summed E-state index contributed by atoms with van der Waals surface area (Å²) in [5, 5.41) is 19.6. The molecule has 2 aliphatic rings. The number of allylic oxidation sites excluding steroid dienone is 1. The third kappa shape index (κ3) is 7.35. The first-order chi connectivity index (χ1) is 20.7. The van der Waals surface area contributed by atoms with E-state index >= 15 is 0 Å². The lowest BCUT2D eigenvalue weighted by Crippen LogP contribution is -2.39. The molecular formula is C28H30F4N8O3. The van der Waals surface area contributed by atoms with Crippen molar-refractivity contribution in [1.29, 1.82) is 5.41 Å². The zero-order valence-electron chi connectivity index (χ0n) is 23.0. The van der Waals surface area contributed by atoms with Crippen LogP contribution in [0.25, 0.3) is 11.1 Å². The SMILES string of the molecule is N=C/C(=C\NCCN1CCOCC1)Nc1ncc(-c2ccc(CC(=O)Nc3cc(C4(C(F)(F)F)CC4)on3)c(F)c2)cn1. The predicted octanol–water partition coefficient (Wildman–Crippen LogP) is 3.87. The Morgan fingerprint density at radius 1 is 1.09 bits per heavy atom. The fourth-order valence-electron chi connectivity index (χ4n) is 4.60. The van der Waals surface area contributed by atoms with Crippen LogP contribution in [0.1, 0.15) is 24.2 Å². The molecule has 2 fully saturated rings. The molecule has 0 bridgehead atoms. The third-order valence-electron chi connectivity index (χ3n) is 7.28. The zero-order valence-corrected chi connectivity index (χ0v) is 23.0. The van der Waals surface area contributed by atoms with E-state index in [1.807, 2.05) is 0 Å². The highest BCUT2D eigenvalue weighted by Crippen LogP contribution is 2.59. The van der Waals surface area contributed by atoms with Crippen molar-refractivity contribution in [2.45, 2.75) is 30.9 Å². The van der Waals surface area contributed by atoms with Gasteiger partial charge in [0.2, 0.25) is 11.9 Å². The number of amides is 1. The molecule has 1 amide bonds. The number of benzene rings is 1. The first-order valence-corrected chi connectivity index (χ1v) is 13.6. The van der Waals surface area contributed by atoms with Gasteiger partial charge in [-0.25, -0.2) is 14.4 Å². The van der Waals surface area contributed by atoms with E-state index in [9.17, 15) is 22.4 Å².